The predicted molar refractivity (Wildman–Crippen MR) is 79.7 cm³/mol. The van der Waals surface area contributed by atoms with Crippen molar-refractivity contribution in [3.05, 3.63) is 29.8 Å². The Kier molecular flexibility index (Phi) is 5.87. The van der Waals surface area contributed by atoms with E-state index >= 15 is 0 Å². The van der Waals surface area contributed by atoms with E-state index in [1.165, 1.54) is 19.3 Å². The summed E-state index contributed by atoms with van der Waals surface area (Å²) in [6.07, 6.45) is 6.07. The van der Waals surface area contributed by atoms with Gasteiger partial charge in [0, 0.05) is 19.0 Å². The van der Waals surface area contributed by atoms with Crippen LogP contribution < -0.4 is 10.6 Å². The van der Waals surface area contributed by atoms with Crippen molar-refractivity contribution in [2.24, 2.45) is 0 Å². The summed E-state index contributed by atoms with van der Waals surface area (Å²) in [7, 11) is 0. The first-order chi connectivity index (χ1) is 9.74. The average molecular weight is 276 g/mol. The molecule has 1 aliphatic heterocycles. The summed E-state index contributed by atoms with van der Waals surface area (Å²) < 4.78 is 0. The molecule has 1 atom stereocenters. The van der Waals surface area contributed by atoms with Gasteiger partial charge in [-0.2, -0.15) is 0 Å². The highest BCUT2D eigenvalue weighted by Gasteiger charge is 2.13. The number of benzene rings is 1. The normalized spacial score (nSPS) is 18.7. The number of piperidine rings is 1. The van der Waals surface area contributed by atoms with E-state index in [2.05, 4.69) is 10.6 Å². The van der Waals surface area contributed by atoms with Gasteiger partial charge in [0.2, 0.25) is 5.91 Å². The summed E-state index contributed by atoms with van der Waals surface area (Å²) in [4.78, 5) is 11.8. The molecule has 1 aliphatic rings. The summed E-state index contributed by atoms with van der Waals surface area (Å²) in [5.41, 5.74) is 1.12. The van der Waals surface area contributed by atoms with Crippen LogP contribution in [0.4, 0.5) is 0 Å². The maximum atomic E-state index is 11.8. The molecule has 1 saturated heterocycles. The quantitative estimate of drug-likeness (QED) is 0.744. The zero-order valence-electron chi connectivity index (χ0n) is 11.9. The second kappa shape index (κ2) is 7.90. The zero-order chi connectivity index (χ0) is 14.2. The number of hydrogen-bond donors (Lipinski definition) is 3. The minimum absolute atomic E-state index is 0.135. The highest BCUT2D eigenvalue weighted by Crippen LogP contribution is 2.12. The van der Waals surface area contributed by atoms with E-state index in [9.17, 15) is 9.90 Å². The Bertz CT molecular complexity index is 411. The molecule has 1 aromatic rings. The topological polar surface area (TPSA) is 61.4 Å². The van der Waals surface area contributed by atoms with E-state index in [4.69, 9.17) is 0 Å². The lowest BCUT2D eigenvalue weighted by Gasteiger charge is -2.23. The van der Waals surface area contributed by atoms with Gasteiger partial charge in [0.25, 0.3) is 0 Å². The van der Waals surface area contributed by atoms with Crippen molar-refractivity contribution < 1.29 is 9.90 Å². The fourth-order valence-electron chi connectivity index (χ4n) is 2.57. The molecule has 0 saturated carbocycles. The molecular weight excluding hydrogens is 252 g/mol. The lowest BCUT2D eigenvalue weighted by Crippen LogP contribution is -2.35. The van der Waals surface area contributed by atoms with Crippen LogP contribution in [0.15, 0.2) is 24.3 Å². The maximum absolute atomic E-state index is 11.8. The molecule has 4 nitrogen and oxygen atoms in total. The monoisotopic (exact) mass is 276 g/mol. The van der Waals surface area contributed by atoms with E-state index in [1.807, 2.05) is 12.1 Å². The summed E-state index contributed by atoms with van der Waals surface area (Å²) in [6.45, 7) is 1.74. The van der Waals surface area contributed by atoms with Gasteiger partial charge in [-0.1, -0.05) is 18.6 Å². The Morgan fingerprint density at radius 2 is 2.10 bits per heavy atom. The minimum atomic E-state index is 0.135. The molecule has 2 rings (SSSR count). The van der Waals surface area contributed by atoms with E-state index in [0.717, 1.165) is 24.9 Å². The Morgan fingerprint density at radius 1 is 1.30 bits per heavy atom. The third kappa shape index (κ3) is 5.21. The number of carbonyl (C=O) groups excluding carboxylic acids is 1. The zero-order valence-corrected chi connectivity index (χ0v) is 11.9. The number of phenolic OH excluding ortho intramolecular Hbond substituents is 1. The molecule has 1 amide bonds. The van der Waals surface area contributed by atoms with Crippen LogP contribution in [-0.4, -0.2) is 30.1 Å². The number of nitrogens with one attached hydrogen (secondary N) is 2. The third-order valence-corrected chi connectivity index (χ3v) is 3.80. The van der Waals surface area contributed by atoms with E-state index in [0.29, 0.717) is 19.0 Å². The van der Waals surface area contributed by atoms with Gasteiger partial charge in [-0.3, -0.25) is 4.79 Å². The van der Waals surface area contributed by atoms with Crippen LogP contribution >= 0.6 is 0 Å². The Balaban J connectivity index is 1.58. The lowest BCUT2D eigenvalue weighted by atomic mass is 10.0. The first-order valence-corrected chi connectivity index (χ1v) is 7.52. The summed E-state index contributed by atoms with van der Waals surface area (Å²) >= 11 is 0. The van der Waals surface area contributed by atoms with Gasteiger partial charge < -0.3 is 15.7 Å². The smallest absolute Gasteiger partial charge is 0.220 e. The fraction of sp³-hybridized carbons (Fsp3) is 0.562. The van der Waals surface area contributed by atoms with Crippen LogP contribution in [0.2, 0.25) is 0 Å². The molecule has 4 heteroatoms. The standard InChI is InChI=1S/C16H24N2O2/c19-15-7-4-13(5-8-15)10-12-18-16(20)9-6-14-3-1-2-11-17-14/h4-5,7-8,14,17,19H,1-3,6,9-12H2,(H,18,20). The average Bonchev–Trinajstić information content (AvgIpc) is 2.48. The molecule has 0 radical (unpaired) electrons. The number of carbonyl (C=O) groups is 1. The van der Waals surface area contributed by atoms with Crippen molar-refractivity contribution in [1.29, 1.82) is 0 Å². The number of amides is 1. The van der Waals surface area contributed by atoms with Crippen LogP contribution in [0.1, 0.15) is 37.7 Å². The van der Waals surface area contributed by atoms with Gasteiger partial charge in [0.1, 0.15) is 5.75 Å². The van der Waals surface area contributed by atoms with Crippen molar-refractivity contribution in [3.63, 3.8) is 0 Å². The summed E-state index contributed by atoms with van der Waals surface area (Å²) in [5.74, 6) is 0.411. The first-order valence-electron chi connectivity index (χ1n) is 7.52. The Morgan fingerprint density at radius 3 is 2.80 bits per heavy atom. The highest BCUT2D eigenvalue weighted by molar-refractivity contribution is 5.75. The molecule has 1 heterocycles. The van der Waals surface area contributed by atoms with Gasteiger partial charge in [-0.25, -0.2) is 0 Å². The molecule has 0 spiro atoms. The van der Waals surface area contributed by atoms with Crippen LogP contribution in [0.25, 0.3) is 0 Å². The van der Waals surface area contributed by atoms with Gasteiger partial charge in [0.15, 0.2) is 0 Å². The Labute approximate surface area is 120 Å². The molecule has 3 N–H and O–H groups in total. The molecule has 0 aromatic heterocycles. The van der Waals surface area contributed by atoms with Gasteiger partial charge in [0.05, 0.1) is 0 Å². The van der Waals surface area contributed by atoms with Gasteiger partial charge in [-0.15, -0.1) is 0 Å². The molecule has 110 valence electrons. The molecule has 1 fully saturated rings. The minimum Gasteiger partial charge on any atom is -0.508 e. The van der Waals surface area contributed by atoms with E-state index < -0.39 is 0 Å². The third-order valence-electron chi connectivity index (χ3n) is 3.80. The second-order valence-electron chi connectivity index (χ2n) is 5.45. The van der Waals surface area contributed by atoms with Gasteiger partial charge >= 0.3 is 0 Å². The molecule has 0 aliphatic carbocycles. The summed E-state index contributed by atoms with van der Waals surface area (Å²) in [6, 6.07) is 7.63. The van der Waals surface area contributed by atoms with Crippen molar-refractivity contribution in [2.45, 2.75) is 44.6 Å². The van der Waals surface area contributed by atoms with Crippen molar-refractivity contribution in [3.8, 4) is 5.75 Å². The maximum Gasteiger partial charge on any atom is 0.220 e. The largest absolute Gasteiger partial charge is 0.508 e. The molecule has 1 aromatic carbocycles. The highest BCUT2D eigenvalue weighted by atomic mass is 16.3. The van der Waals surface area contributed by atoms with Crippen LogP contribution in [-0.2, 0) is 11.2 Å². The number of hydrogen-bond acceptors (Lipinski definition) is 3. The number of aromatic hydroxyl groups is 1. The second-order valence-corrected chi connectivity index (χ2v) is 5.45. The van der Waals surface area contributed by atoms with Crippen molar-refractivity contribution in [1.82, 2.24) is 10.6 Å². The number of phenols is 1. The van der Waals surface area contributed by atoms with Crippen molar-refractivity contribution >= 4 is 5.91 Å². The van der Waals surface area contributed by atoms with E-state index in [-0.39, 0.29) is 11.7 Å². The lowest BCUT2D eigenvalue weighted by molar-refractivity contribution is -0.121. The SMILES string of the molecule is O=C(CCC1CCCCN1)NCCc1ccc(O)cc1. The van der Waals surface area contributed by atoms with Crippen LogP contribution in [0, 0.1) is 0 Å². The van der Waals surface area contributed by atoms with Gasteiger partial charge in [-0.05, 0) is 49.9 Å². The molecular formula is C16H24N2O2. The van der Waals surface area contributed by atoms with Crippen molar-refractivity contribution in [2.75, 3.05) is 13.1 Å². The first kappa shape index (κ1) is 14.9. The Hall–Kier alpha value is -1.55. The number of rotatable bonds is 6. The molecule has 1 unspecified atom stereocenters. The molecule has 20 heavy (non-hydrogen) atoms. The predicted octanol–water partition coefficient (Wildman–Crippen LogP) is 1.97. The fourth-order valence-corrected chi connectivity index (χ4v) is 2.57. The molecule has 0 bridgehead atoms. The van der Waals surface area contributed by atoms with Crippen LogP contribution in [0.5, 0.6) is 5.75 Å². The van der Waals surface area contributed by atoms with E-state index in [1.54, 1.807) is 12.1 Å². The van der Waals surface area contributed by atoms with Crippen LogP contribution in [0.3, 0.4) is 0 Å². The summed E-state index contributed by atoms with van der Waals surface area (Å²) in [5, 5.41) is 15.6.